The van der Waals surface area contributed by atoms with E-state index in [0.717, 1.165) is 37.8 Å². The number of ether oxygens (including phenoxy) is 1. The SMILES string of the molecule is CCOC(=O)c1ccc(N2CCN(C(C)c3nc(C(C)C)no3)CC2)nc1. The van der Waals surface area contributed by atoms with Gasteiger partial charge in [-0.25, -0.2) is 9.78 Å². The first-order chi connectivity index (χ1) is 13.0. The predicted octanol–water partition coefficient (Wildman–Crippen LogP) is 2.65. The average molecular weight is 373 g/mol. The molecule has 3 heterocycles. The van der Waals surface area contributed by atoms with Gasteiger partial charge in [-0.2, -0.15) is 4.98 Å². The van der Waals surface area contributed by atoms with Crippen LogP contribution in [0.25, 0.3) is 0 Å². The smallest absolute Gasteiger partial charge is 0.339 e. The number of rotatable bonds is 6. The predicted molar refractivity (Wildman–Crippen MR) is 101 cm³/mol. The molecule has 0 aliphatic carbocycles. The summed E-state index contributed by atoms with van der Waals surface area (Å²) in [7, 11) is 0. The second kappa shape index (κ2) is 8.47. The molecule has 1 saturated heterocycles. The molecule has 1 aliphatic rings. The van der Waals surface area contributed by atoms with E-state index in [0.29, 0.717) is 18.1 Å². The van der Waals surface area contributed by atoms with Crippen LogP contribution >= 0.6 is 0 Å². The molecule has 27 heavy (non-hydrogen) atoms. The van der Waals surface area contributed by atoms with Crippen LogP contribution in [0, 0.1) is 0 Å². The van der Waals surface area contributed by atoms with Gasteiger partial charge in [0.15, 0.2) is 5.82 Å². The first-order valence-corrected chi connectivity index (χ1v) is 9.45. The average Bonchev–Trinajstić information content (AvgIpc) is 3.18. The summed E-state index contributed by atoms with van der Waals surface area (Å²) in [6, 6.07) is 3.73. The van der Waals surface area contributed by atoms with Crippen molar-refractivity contribution in [1.82, 2.24) is 20.0 Å². The summed E-state index contributed by atoms with van der Waals surface area (Å²) in [6.07, 6.45) is 1.58. The monoisotopic (exact) mass is 373 g/mol. The van der Waals surface area contributed by atoms with Gasteiger partial charge in [-0.1, -0.05) is 19.0 Å². The molecule has 1 atom stereocenters. The van der Waals surface area contributed by atoms with Crippen molar-refractivity contribution in [3.05, 3.63) is 35.6 Å². The Labute approximate surface area is 159 Å². The summed E-state index contributed by atoms with van der Waals surface area (Å²) in [5.41, 5.74) is 0.477. The maximum atomic E-state index is 11.7. The van der Waals surface area contributed by atoms with Crippen LogP contribution in [-0.2, 0) is 4.74 Å². The molecule has 8 heteroatoms. The van der Waals surface area contributed by atoms with E-state index in [4.69, 9.17) is 9.26 Å². The van der Waals surface area contributed by atoms with E-state index in [1.807, 2.05) is 6.07 Å². The van der Waals surface area contributed by atoms with Gasteiger partial charge in [-0.15, -0.1) is 0 Å². The van der Waals surface area contributed by atoms with Gasteiger partial charge in [0.2, 0.25) is 5.89 Å². The minimum absolute atomic E-state index is 0.0892. The fourth-order valence-corrected chi connectivity index (χ4v) is 3.05. The fourth-order valence-electron chi connectivity index (χ4n) is 3.05. The summed E-state index contributed by atoms with van der Waals surface area (Å²) < 4.78 is 10.4. The summed E-state index contributed by atoms with van der Waals surface area (Å²) in [5, 5.41) is 4.06. The van der Waals surface area contributed by atoms with E-state index < -0.39 is 0 Å². The number of carbonyl (C=O) groups is 1. The minimum atomic E-state index is -0.337. The lowest BCUT2D eigenvalue weighted by Crippen LogP contribution is -2.47. The standard InChI is InChI=1S/C19H27N5O3/c1-5-26-19(25)15-6-7-16(20-12-15)24-10-8-23(9-11-24)14(4)18-21-17(13(2)3)22-27-18/h6-7,12-14H,5,8-11H2,1-4H3. The maximum Gasteiger partial charge on any atom is 0.339 e. The highest BCUT2D eigenvalue weighted by Crippen LogP contribution is 2.23. The highest BCUT2D eigenvalue weighted by Gasteiger charge is 2.26. The van der Waals surface area contributed by atoms with Gasteiger partial charge in [-0.05, 0) is 26.0 Å². The second-order valence-electron chi connectivity index (χ2n) is 6.97. The number of esters is 1. The molecule has 2 aromatic rings. The van der Waals surface area contributed by atoms with Crippen molar-refractivity contribution in [2.75, 3.05) is 37.7 Å². The van der Waals surface area contributed by atoms with Crippen molar-refractivity contribution in [2.45, 2.75) is 39.7 Å². The molecule has 1 aliphatic heterocycles. The Morgan fingerprint density at radius 2 is 1.96 bits per heavy atom. The van der Waals surface area contributed by atoms with Crippen LogP contribution in [0.5, 0.6) is 0 Å². The van der Waals surface area contributed by atoms with E-state index >= 15 is 0 Å². The van der Waals surface area contributed by atoms with Crippen molar-refractivity contribution < 1.29 is 14.1 Å². The molecule has 8 nitrogen and oxygen atoms in total. The molecule has 0 N–H and O–H groups in total. The topological polar surface area (TPSA) is 84.6 Å². The van der Waals surface area contributed by atoms with Gasteiger partial charge < -0.3 is 14.2 Å². The molecule has 0 radical (unpaired) electrons. The molecular formula is C19H27N5O3. The highest BCUT2D eigenvalue weighted by molar-refractivity contribution is 5.89. The molecule has 2 aromatic heterocycles. The fraction of sp³-hybridized carbons (Fsp3) is 0.579. The molecule has 0 amide bonds. The van der Waals surface area contributed by atoms with Crippen molar-refractivity contribution in [1.29, 1.82) is 0 Å². The molecule has 1 unspecified atom stereocenters. The zero-order chi connectivity index (χ0) is 19.4. The molecule has 146 valence electrons. The zero-order valence-electron chi connectivity index (χ0n) is 16.4. The Bertz CT molecular complexity index is 751. The number of hydrogen-bond acceptors (Lipinski definition) is 8. The number of pyridine rings is 1. The van der Waals surface area contributed by atoms with Crippen LogP contribution in [0.1, 0.15) is 61.7 Å². The van der Waals surface area contributed by atoms with E-state index in [-0.39, 0.29) is 17.9 Å². The Kier molecular flexibility index (Phi) is 6.05. The minimum Gasteiger partial charge on any atom is -0.462 e. The van der Waals surface area contributed by atoms with Gasteiger partial charge in [-0.3, -0.25) is 4.90 Å². The summed E-state index contributed by atoms with van der Waals surface area (Å²) in [4.78, 5) is 25.2. The highest BCUT2D eigenvalue weighted by atomic mass is 16.5. The van der Waals surface area contributed by atoms with Crippen molar-refractivity contribution in [3.63, 3.8) is 0 Å². The number of piperazine rings is 1. The lowest BCUT2D eigenvalue weighted by molar-refractivity contribution is 0.0526. The maximum absolute atomic E-state index is 11.7. The molecule has 1 fully saturated rings. The van der Waals surface area contributed by atoms with Crippen LogP contribution < -0.4 is 4.90 Å². The molecule has 0 spiro atoms. The van der Waals surface area contributed by atoms with Gasteiger partial charge in [0, 0.05) is 38.3 Å². The number of hydrogen-bond donors (Lipinski definition) is 0. The molecule has 0 saturated carbocycles. The van der Waals surface area contributed by atoms with Crippen LogP contribution in [0.15, 0.2) is 22.9 Å². The van der Waals surface area contributed by atoms with Gasteiger partial charge in [0.05, 0.1) is 18.2 Å². The lowest BCUT2D eigenvalue weighted by Gasteiger charge is -2.37. The molecular weight excluding hydrogens is 346 g/mol. The number of carbonyl (C=O) groups excluding carboxylic acids is 1. The summed E-state index contributed by atoms with van der Waals surface area (Å²) in [6.45, 7) is 11.8. The molecule has 0 aromatic carbocycles. The zero-order valence-corrected chi connectivity index (χ0v) is 16.4. The van der Waals surface area contributed by atoms with Crippen LogP contribution in [0.2, 0.25) is 0 Å². The third kappa shape index (κ3) is 4.44. The van der Waals surface area contributed by atoms with Gasteiger partial charge in [0.1, 0.15) is 5.82 Å². The normalized spacial score (nSPS) is 16.6. The quantitative estimate of drug-likeness (QED) is 0.715. The van der Waals surface area contributed by atoms with Gasteiger partial charge in [0.25, 0.3) is 0 Å². The summed E-state index contributed by atoms with van der Waals surface area (Å²) >= 11 is 0. The van der Waals surface area contributed by atoms with E-state index in [2.05, 4.69) is 45.7 Å². The summed E-state index contributed by atoms with van der Waals surface area (Å²) in [5.74, 6) is 2.21. The van der Waals surface area contributed by atoms with Crippen molar-refractivity contribution >= 4 is 11.8 Å². The van der Waals surface area contributed by atoms with Crippen LogP contribution in [0.4, 0.5) is 5.82 Å². The Morgan fingerprint density at radius 3 is 2.52 bits per heavy atom. The Hall–Kier alpha value is -2.48. The lowest BCUT2D eigenvalue weighted by atomic mass is 10.2. The third-order valence-corrected chi connectivity index (χ3v) is 4.78. The second-order valence-corrected chi connectivity index (χ2v) is 6.97. The van der Waals surface area contributed by atoms with Crippen LogP contribution in [-0.4, -0.2) is 58.8 Å². The Morgan fingerprint density at radius 1 is 1.22 bits per heavy atom. The van der Waals surface area contributed by atoms with Crippen LogP contribution in [0.3, 0.4) is 0 Å². The van der Waals surface area contributed by atoms with E-state index in [9.17, 15) is 4.79 Å². The Balaban J connectivity index is 1.57. The van der Waals surface area contributed by atoms with Gasteiger partial charge >= 0.3 is 5.97 Å². The molecule has 0 bridgehead atoms. The van der Waals surface area contributed by atoms with Crippen molar-refractivity contribution in [2.24, 2.45) is 0 Å². The number of nitrogens with zero attached hydrogens (tertiary/aromatic N) is 5. The number of aromatic nitrogens is 3. The number of anilines is 1. The first-order valence-electron chi connectivity index (χ1n) is 9.45. The van der Waals surface area contributed by atoms with Crippen molar-refractivity contribution in [3.8, 4) is 0 Å². The van der Waals surface area contributed by atoms with E-state index in [1.165, 1.54) is 0 Å². The first kappa shape index (κ1) is 19.3. The van der Waals surface area contributed by atoms with E-state index in [1.54, 1.807) is 19.2 Å². The molecule has 3 rings (SSSR count). The third-order valence-electron chi connectivity index (χ3n) is 4.78. The largest absolute Gasteiger partial charge is 0.462 e.